The van der Waals surface area contributed by atoms with Gasteiger partial charge in [-0.05, 0) is 0 Å². The second kappa shape index (κ2) is 14.3. The van der Waals surface area contributed by atoms with E-state index in [1.807, 2.05) is 0 Å². The van der Waals surface area contributed by atoms with Gasteiger partial charge in [-0.15, -0.1) is 11.1 Å². The minimum atomic E-state index is -1.09. The van der Waals surface area contributed by atoms with Crippen molar-refractivity contribution < 1.29 is 33.0 Å². The molecule has 0 aliphatic heterocycles. The molecule has 0 aliphatic carbocycles. The van der Waals surface area contributed by atoms with Gasteiger partial charge < -0.3 is 60.7 Å². The van der Waals surface area contributed by atoms with Gasteiger partial charge in [0.15, 0.2) is 0 Å². The summed E-state index contributed by atoms with van der Waals surface area (Å²) < 4.78 is 0. The Hall–Kier alpha value is -0.319. The molecule has 0 saturated carbocycles. The van der Waals surface area contributed by atoms with Crippen LogP contribution in [0.3, 0.4) is 0 Å². The van der Waals surface area contributed by atoms with E-state index >= 15 is 0 Å². The molecule has 0 fully saturated rings. The maximum atomic E-state index is 3.41. The molecule has 0 aromatic heterocycles. The van der Waals surface area contributed by atoms with Crippen LogP contribution in [0.25, 0.3) is 0 Å². The van der Waals surface area contributed by atoms with Crippen molar-refractivity contribution in [1.29, 1.82) is 0 Å². The summed E-state index contributed by atoms with van der Waals surface area (Å²) in [7, 11) is -2.19. The van der Waals surface area contributed by atoms with Gasteiger partial charge in [-0.25, -0.2) is 0 Å². The molecule has 0 nitrogen and oxygen atoms in total. The van der Waals surface area contributed by atoms with Crippen LogP contribution in [0.5, 0.6) is 0 Å². The van der Waals surface area contributed by atoms with Crippen molar-refractivity contribution in [2.24, 2.45) is 0 Å². The monoisotopic (exact) mass is 408 g/mol. The Morgan fingerprint density at radius 1 is 0.545 bits per heavy atom. The molecule has 2 rings (SSSR count). The summed E-state index contributed by atoms with van der Waals surface area (Å²) in [6, 6.07) is 24.0. The van der Waals surface area contributed by atoms with E-state index in [4.69, 9.17) is 0 Å². The summed E-state index contributed by atoms with van der Waals surface area (Å²) in [6.07, 6.45) is 0. The Morgan fingerprint density at radius 3 is 0.864 bits per heavy atom. The third-order valence-electron chi connectivity index (χ3n) is 1.51. The van der Waals surface area contributed by atoms with Crippen LogP contribution in [-0.2, 0) is 33.0 Å². The van der Waals surface area contributed by atoms with E-state index in [1.54, 1.807) is 12.1 Å². The molecular weight excluding hydrogens is 390 g/mol. The molecule has 0 saturated heterocycles. The quantitative estimate of drug-likeness (QED) is 0.351. The molecule has 0 bridgehead atoms. The van der Waals surface area contributed by atoms with Crippen LogP contribution in [0.15, 0.2) is 12.1 Å². The average molecular weight is 410 g/mol. The van der Waals surface area contributed by atoms with Crippen LogP contribution < -0.4 is 0 Å². The van der Waals surface area contributed by atoms with Gasteiger partial charge >= 0.3 is 0 Å². The van der Waals surface area contributed by atoms with E-state index in [-0.39, 0.29) is 33.0 Å². The fraction of sp³-hybridized carbons (Fsp3) is 0.333. The van der Waals surface area contributed by atoms with Crippen molar-refractivity contribution >= 4 is 16.1 Å². The molecule has 0 amide bonds. The van der Waals surface area contributed by atoms with Crippen LogP contribution in [0.4, 0.5) is 0 Å². The van der Waals surface area contributed by atoms with Gasteiger partial charge in [0.2, 0.25) is 0 Å². The van der Waals surface area contributed by atoms with Gasteiger partial charge in [0.1, 0.15) is 16.1 Å². The second-order valence-corrected chi connectivity index (χ2v) is 15.6. The first-order valence-electron chi connectivity index (χ1n) is 6.40. The molecular formula is C18H20Ni2Si2-10. The van der Waals surface area contributed by atoms with Crippen LogP contribution in [0.2, 0.25) is 39.3 Å². The molecule has 22 heavy (non-hydrogen) atoms. The summed E-state index contributed by atoms with van der Waals surface area (Å²) in [5, 5.41) is 0. The van der Waals surface area contributed by atoms with E-state index in [9.17, 15) is 0 Å². The molecule has 4 heteroatoms. The Kier molecular flexibility index (Phi) is 17.3. The first kappa shape index (κ1) is 26.6. The smallest absolute Gasteiger partial charge is 0.128 e. The number of rotatable bonds is 0. The maximum absolute atomic E-state index is 3.41. The largest absolute Gasteiger partial charge is 0.999 e. The van der Waals surface area contributed by atoms with Crippen molar-refractivity contribution in [3.8, 4) is 11.1 Å². The second-order valence-electron chi connectivity index (χ2n) is 6.12. The van der Waals surface area contributed by atoms with Gasteiger partial charge in [-0.2, -0.15) is 0 Å². The van der Waals surface area contributed by atoms with E-state index < -0.39 is 16.1 Å². The standard InChI is InChI=1S/C8H18Si2.2C5H.2Ni/c1-9(2,3)7-8-10(4,5)6;2*1-2-4-5-3-1;;/h1-6H3;2*1H;;/q;2*-5;;. The third kappa shape index (κ3) is 24.7. The first-order valence-corrected chi connectivity index (χ1v) is 13.4. The van der Waals surface area contributed by atoms with Gasteiger partial charge in [0, 0.05) is 33.0 Å². The van der Waals surface area contributed by atoms with Crippen molar-refractivity contribution in [2.75, 3.05) is 0 Å². The Bertz CT molecular complexity index is 385. The molecule has 0 radical (unpaired) electrons. The van der Waals surface area contributed by atoms with E-state index in [0.717, 1.165) is 0 Å². The summed E-state index contributed by atoms with van der Waals surface area (Å²) in [4.78, 5) is 0. The van der Waals surface area contributed by atoms with Gasteiger partial charge in [0.05, 0.1) is 0 Å². The molecule has 0 atom stereocenters. The van der Waals surface area contributed by atoms with Gasteiger partial charge in [-0.1, -0.05) is 39.3 Å². The number of hydrogen-bond donors (Lipinski definition) is 0. The predicted molar refractivity (Wildman–Crippen MR) is 89.2 cm³/mol. The minimum absolute atomic E-state index is 0. The van der Waals surface area contributed by atoms with E-state index in [1.165, 1.54) is 0 Å². The summed E-state index contributed by atoms with van der Waals surface area (Å²) in [5.74, 6) is 0. The fourth-order valence-electron chi connectivity index (χ4n) is 0.736. The van der Waals surface area contributed by atoms with Crippen molar-refractivity contribution in [2.45, 2.75) is 39.3 Å². The zero-order valence-corrected chi connectivity index (χ0v) is 17.8. The van der Waals surface area contributed by atoms with Crippen LogP contribution in [-0.4, -0.2) is 16.1 Å². The molecule has 130 valence electrons. The Labute approximate surface area is 159 Å². The maximum Gasteiger partial charge on any atom is 0.128 e. The first-order chi connectivity index (χ1) is 9.21. The average Bonchev–Trinajstić information content (AvgIpc) is 3.03. The molecule has 0 spiro atoms. The topological polar surface area (TPSA) is 0 Å². The van der Waals surface area contributed by atoms with E-state index in [2.05, 4.69) is 98.9 Å². The Morgan fingerprint density at radius 2 is 0.773 bits per heavy atom. The number of hydrogen-bond acceptors (Lipinski definition) is 0. The van der Waals surface area contributed by atoms with Crippen molar-refractivity contribution in [3.63, 3.8) is 0 Å². The van der Waals surface area contributed by atoms with E-state index in [0.29, 0.717) is 0 Å². The van der Waals surface area contributed by atoms with Crippen LogP contribution >= 0.6 is 0 Å². The summed E-state index contributed by atoms with van der Waals surface area (Å²) in [5.41, 5.74) is 6.82. The zero-order chi connectivity index (χ0) is 15.5. The summed E-state index contributed by atoms with van der Waals surface area (Å²) in [6.45, 7) is 13.8. The molecule has 2 aromatic carbocycles. The van der Waals surface area contributed by atoms with Gasteiger partial charge in [-0.3, -0.25) is 0 Å². The zero-order valence-electron chi connectivity index (χ0n) is 13.8. The SMILES string of the molecule is C[Si](C)(C)C#C[Si](C)(C)C.[Ni].[Ni].[c-]1[c-][c-][cH-][c-]1.[c-]1[c-][c-][cH-][c-]1. The fourth-order valence-corrected chi connectivity index (χ4v) is 3.74. The van der Waals surface area contributed by atoms with Crippen LogP contribution in [0.1, 0.15) is 0 Å². The molecule has 2 aromatic rings. The third-order valence-corrected chi connectivity index (χ3v) is 3.51. The molecule has 0 N–H and O–H groups in total. The van der Waals surface area contributed by atoms with Gasteiger partial charge in [0.25, 0.3) is 0 Å². The molecule has 0 unspecified atom stereocenters. The molecule has 0 heterocycles. The normalized spacial score (nSPS) is 9.18. The summed E-state index contributed by atoms with van der Waals surface area (Å²) >= 11 is 0. The minimum Gasteiger partial charge on any atom is -0.999 e. The molecule has 0 aliphatic rings. The van der Waals surface area contributed by atoms with Crippen LogP contribution in [0, 0.1) is 59.6 Å². The predicted octanol–water partition coefficient (Wildman–Crippen LogP) is 3.95. The van der Waals surface area contributed by atoms with Crippen molar-refractivity contribution in [1.82, 2.24) is 0 Å². The Balaban J connectivity index is -0.000000254. The van der Waals surface area contributed by atoms with Crippen molar-refractivity contribution in [3.05, 3.63) is 60.7 Å².